The maximum Gasteiger partial charge on any atom is 0.336 e. The van der Waals surface area contributed by atoms with Crippen molar-refractivity contribution < 1.29 is 19.2 Å². The Morgan fingerprint density at radius 3 is 2.50 bits per heavy atom. The van der Waals surface area contributed by atoms with Gasteiger partial charge in [-0.1, -0.05) is 12.2 Å². The molecular formula is C11H13NO4. The number of imide groups is 1. The summed E-state index contributed by atoms with van der Waals surface area (Å²) in [5.74, 6) is -1.56. The molecule has 0 N–H and O–H groups in total. The third-order valence-electron chi connectivity index (χ3n) is 2.79. The summed E-state index contributed by atoms with van der Waals surface area (Å²) in [4.78, 5) is 38.9. The van der Waals surface area contributed by atoms with Gasteiger partial charge in [0.05, 0.1) is 5.92 Å². The van der Waals surface area contributed by atoms with Gasteiger partial charge in [0, 0.05) is 12.8 Å². The molecule has 1 aliphatic carbocycles. The average Bonchev–Trinajstić information content (AvgIpc) is 2.62. The molecule has 1 aliphatic heterocycles. The minimum atomic E-state index is -0.479. The SMILES string of the molecule is O=C(ON1C(=O)CCC1=O)[C@@H]1CC=CCC1. The van der Waals surface area contributed by atoms with Crippen LogP contribution in [-0.4, -0.2) is 22.8 Å². The first kappa shape index (κ1) is 10.9. The Hall–Kier alpha value is -1.65. The largest absolute Gasteiger partial charge is 0.336 e. The molecule has 1 heterocycles. The lowest BCUT2D eigenvalue weighted by molar-refractivity contribution is -0.200. The number of hydroxylamine groups is 2. The molecule has 0 unspecified atom stereocenters. The van der Waals surface area contributed by atoms with Gasteiger partial charge in [0.15, 0.2) is 0 Å². The first-order chi connectivity index (χ1) is 7.68. The minimum Gasteiger partial charge on any atom is -0.330 e. The normalized spacial score (nSPS) is 25.0. The quantitative estimate of drug-likeness (QED) is 0.516. The highest BCUT2D eigenvalue weighted by molar-refractivity contribution is 6.01. The summed E-state index contributed by atoms with van der Waals surface area (Å²) in [5, 5.41) is 0.612. The molecule has 1 atom stereocenters. The molecule has 0 bridgehead atoms. The molecule has 86 valence electrons. The second-order valence-electron chi connectivity index (χ2n) is 3.97. The van der Waals surface area contributed by atoms with E-state index in [9.17, 15) is 14.4 Å². The minimum absolute atomic E-state index is 0.136. The van der Waals surface area contributed by atoms with Gasteiger partial charge in [-0.25, -0.2) is 4.79 Å². The summed E-state index contributed by atoms with van der Waals surface area (Å²) in [7, 11) is 0. The van der Waals surface area contributed by atoms with Crippen molar-refractivity contribution >= 4 is 17.8 Å². The highest BCUT2D eigenvalue weighted by Crippen LogP contribution is 2.21. The van der Waals surface area contributed by atoms with Crippen molar-refractivity contribution in [3.63, 3.8) is 0 Å². The Balaban J connectivity index is 1.93. The standard InChI is InChI=1S/C11H13NO4/c13-9-6-7-10(14)12(9)16-11(15)8-4-2-1-3-5-8/h1-2,8H,3-7H2/t8-/m1/s1. The molecule has 1 saturated heterocycles. The second kappa shape index (κ2) is 4.47. The van der Waals surface area contributed by atoms with E-state index in [0.717, 1.165) is 6.42 Å². The number of hydrogen-bond donors (Lipinski definition) is 0. The second-order valence-corrected chi connectivity index (χ2v) is 3.97. The maximum absolute atomic E-state index is 11.6. The summed E-state index contributed by atoms with van der Waals surface area (Å²) in [5.41, 5.74) is 0. The van der Waals surface area contributed by atoms with E-state index in [1.807, 2.05) is 12.2 Å². The topological polar surface area (TPSA) is 63.7 Å². The molecule has 5 heteroatoms. The van der Waals surface area contributed by atoms with Gasteiger partial charge in [-0.05, 0) is 19.3 Å². The fourth-order valence-electron chi connectivity index (χ4n) is 1.83. The van der Waals surface area contributed by atoms with Crippen LogP contribution >= 0.6 is 0 Å². The Kier molecular flexibility index (Phi) is 3.03. The monoisotopic (exact) mass is 223 g/mol. The molecule has 2 amide bonds. The van der Waals surface area contributed by atoms with Gasteiger partial charge in [0.2, 0.25) is 0 Å². The van der Waals surface area contributed by atoms with Crippen molar-refractivity contribution in [3.8, 4) is 0 Å². The third-order valence-corrected chi connectivity index (χ3v) is 2.79. The van der Waals surface area contributed by atoms with E-state index in [4.69, 9.17) is 4.84 Å². The van der Waals surface area contributed by atoms with Crippen LogP contribution in [0.5, 0.6) is 0 Å². The molecule has 0 aromatic carbocycles. The van der Waals surface area contributed by atoms with Crippen molar-refractivity contribution in [3.05, 3.63) is 12.2 Å². The summed E-state index contributed by atoms with van der Waals surface area (Å²) < 4.78 is 0. The van der Waals surface area contributed by atoms with Crippen LogP contribution in [0.2, 0.25) is 0 Å². The molecular weight excluding hydrogens is 210 g/mol. The molecule has 0 radical (unpaired) electrons. The van der Waals surface area contributed by atoms with Crippen LogP contribution in [0, 0.1) is 5.92 Å². The van der Waals surface area contributed by atoms with E-state index in [2.05, 4.69) is 0 Å². The summed E-state index contributed by atoms with van der Waals surface area (Å²) in [6.07, 6.45) is 6.37. The van der Waals surface area contributed by atoms with Gasteiger partial charge >= 0.3 is 5.97 Å². The van der Waals surface area contributed by atoms with E-state index < -0.39 is 17.8 Å². The smallest absolute Gasteiger partial charge is 0.330 e. The summed E-state index contributed by atoms with van der Waals surface area (Å²) >= 11 is 0. The van der Waals surface area contributed by atoms with Gasteiger partial charge in [-0.2, -0.15) is 0 Å². The van der Waals surface area contributed by atoms with Crippen LogP contribution in [0.3, 0.4) is 0 Å². The first-order valence-electron chi connectivity index (χ1n) is 5.41. The zero-order valence-corrected chi connectivity index (χ0v) is 8.85. The van der Waals surface area contributed by atoms with E-state index in [1.54, 1.807) is 0 Å². The van der Waals surface area contributed by atoms with Crippen LogP contribution in [0.25, 0.3) is 0 Å². The number of allylic oxidation sites excluding steroid dienone is 2. The third kappa shape index (κ3) is 2.13. The molecule has 5 nitrogen and oxygen atoms in total. The van der Waals surface area contributed by atoms with Crippen molar-refractivity contribution in [2.45, 2.75) is 32.1 Å². The van der Waals surface area contributed by atoms with Crippen LogP contribution in [0.15, 0.2) is 12.2 Å². The summed E-state index contributed by atoms with van der Waals surface area (Å²) in [6.45, 7) is 0. The number of carbonyl (C=O) groups excluding carboxylic acids is 3. The molecule has 0 aromatic rings. The Labute approximate surface area is 93.0 Å². The molecule has 1 fully saturated rings. The fourth-order valence-corrected chi connectivity index (χ4v) is 1.83. The highest BCUT2D eigenvalue weighted by atomic mass is 16.7. The Morgan fingerprint density at radius 2 is 1.94 bits per heavy atom. The molecule has 16 heavy (non-hydrogen) atoms. The van der Waals surface area contributed by atoms with Gasteiger partial charge in [-0.15, -0.1) is 5.06 Å². The lowest BCUT2D eigenvalue weighted by atomic mass is 9.95. The highest BCUT2D eigenvalue weighted by Gasteiger charge is 2.34. The van der Waals surface area contributed by atoms with Crippen molar-refractivity contribution in [1.82, 2.24) is 5.06 Å². The number of hydrogen-bond acceptors (Lipinski definition) is 4. The van der Waals surface area contributed by atoms with Crippen LogP contribution < -0.4 is 0 Å². The summed E-state index contributed by atoms with van der Waals surface area (Å²) in [6, 6.07) is 0. The Morgan fingerprint density at radius 1 is 1.25 bits per heavy atom. The van der Waals surface area contributed by atoms with Crippen LogP contribution in [0.4, 0.5) is 0 Å². The Bertz CT molecular complexity index is 345. The lowest BCUT2D eigenvalue weighted by Gasteiger charge is -2.19. The maximum atomic E-state index is 11.6. The van der Waals surface area contributed by atoms with Gasteiger partial charge < -0.3 is 4.84 Å². The van der Waals surface area contributed by atoms with Gasteiger partial charge in [-0.3, -0.25) is 9.59 Å². The zero-order valence-electron chi connectivity index (χ0n) is 8.85. The molecule has 2 aliphatic rings. The van der Waals surface area contributed by atoms with Gasteiger partial charge in [0.25, 0.3) is 11.8 Å². The number of rotatable bonds is 2. The van der Waals surface area contributed by atoms with E-state index in [-0.39, 0.29) is 18.8 Å². The number of carbonyl (C=O) groups is 3. The average molecular weight is 223 g/mol. The van der Waals surface area contributed by atoms with Crippen LogP contribution in [0.1, 0.15) is 32.1 Å². The molecule has 0 spiro atoms. The fraction of sp³-hybridized carbons (Fsp3) is 0.545. The predicted molar refractivity (Wildman–Crippen MR) is 53.7 cm³/mol. The lowest BCUT2D eigenvalue weighted by Crippen LogP contribution is -2.34. The predicted octanol–water partition coefficient (Wildman–Crippen LogP) is 0.950. The first-order valence-corrected chi connectivity index (χ1v) is 5.41. The molecule has 2 rings (SSSR count). The van der Waals surface area contributed by atoms with Crippen molar-refractivity contribution in [2.75, 3.05) is 0 Å². The van der Waals surface area contributed by atoms with E-state index in [0.29, 0.717) is 17.9 Å². The molecule has 0 aromatic heterocycles. The zero-order chi connectivity index (χ0) is 11.5. The van der Waals surface area contributed by atoms with E-state index in [1.165, 1.54) is 0 Å². The van der Waals surface area contributed by atoms with Crippen molar-refractivity contribution in [2.24, 2.45) is 5.92 Å². The molecule has 0 saturated carbocycles. The van der Waals surface area contributed by atoms with Crippen LogP contribution in [-0.2, 0) is 19.2 Å². The number of amides is 2. The van der Waals surface area contributed by atoms with Gasteiger partial charge in [0.1, 0.15) is 0 Å². The van der Waals surface area contributed by atoms with Crippen molar-refractivity contribution in [1.29, 1.82) is 0 Å². The number of nitrogens with zero attached hydrogens (tertiary/aromatic N) is 1. The van der Waals surface area contributed by atoms with E-state index >= 15 is 0 Å².